The van der Waals surface area contributed by atoms with E-state index in [9.17, 15) is 18.8 Å². The SMILES string of the molecule is O=C1NC(=O)N(c2cc3c4c(c2)[C@H](c2ccccc2)CCN4CC[C@H]3c2ccccc2)C(=O)/C1=C/c1cc(Cl)ccc1OCc1ccc(F)cc1. The second-order valence-corrected chi connectivity index (χ2v) is 13.5. The van der Waals surface area contributed by atoms with Crippen molar-refractivity contribution in [2.75, 3.05) is 22.9 Å². The third-order valence-electron chi connectivity index (χ3n) is 9.94. The third kappa shape index (κ3) is 6.28. The quantitative estimate of drug-likeness (QED) is 0.136. The molecule has 0 unspecified atom stereocenters. The van der Waals surface area contributed by atoms with Crippen LogP contribution in [-0.4, -0.2) is 30.9 Å². The normalized spacial score (nSPS) is 19.2. The van der Waals surface area contributed by atoms with E-state index < -0.39 is 17.8 Å². The summed E-state index contributed by atoms with van der Waals surface area (Å²) in [7, 11) is 0. The number of hydrogen-bond acceptors (Lipinski definition) is 5. The summed E-state index contributed by atoms with van der Waals surface area (Å²) in [4.78, 5) is 44.8. The Morgan fingerprint density at radius 2 is 1.39 bits per heavy atom. The molecule has 4 amide bonds. The van der Waals surface area contributed by atoms with Gasteiger partial charge in [-0.05, 0) is 89.2 Å². The number of anilines is 2. The van der Waals surface area contributed by atoms with E-state index in [4.69, 9.17) is 16.3 Å². The summed E-state index contributed by atoms with van der Waals surface area (Å²) in [6, 6.07) is 34.4. The third-order valence-corrected chi connectivity index (χ3v) is 10.2. The Morgan fingerprint density at radius 3 is 2.00 bits per heavy atom. The highest BCUT2D eigenvalue weighted by molar-refractivity contribution is 6.39. The van der Waals surface area contributed by atoms with E-state index in [2.05, 4.69) is 34.5 Å². The molecule has 0 aromatic heterocycles. The monoisotopic (exact) mass is 697 g/mol. The summed E-state index contributed by atoms with van der Waals surface area (Å²) in [6.07, 6.45) is 3.16. The molecular formula is C42H33ClFN3O4. The first-order valence-electron chi connectivity index (χ1n) is 16.9. The van der Waals surface area contributed by atoms with Crippen LogP contribution in [-0.2, 0) is 16.2 Å². The zero-order valence-electron chi connectivity index (χ0n) is 27.5. The first kappa shape index (κ1) is 32.5. The van der Waals surface area contributed by atoms with Crippen molar-refractivity contribution in [1.29, 1.82) is 0 Å². The van der Waals surface area contributed by atoms with Gasteiger partial charge in [0.25, 0.3) is 11.8 Å². The van der Waals surface area contributed by atoms with Crippen LogP contribution in [0, 0.1) is 5.82 Å². The van der Waals surface area contributed by atoms with Gasteiger partial charge < -0.3 is 9.64 Å². The molecule has 0 bridgehead atoms. The van der Waals surface area contributed by atoms with Gasteiger partial charge in [-0.1, -0.05) is 84.4 Å². The second kappa shape index (κ2) is 13.5. The first-order chi connectivity index (χ1) is 24.8. The Hall–Kier alpha value is -5.73. The van der Waals surface area contributed by atoms with E-state index in [1.165, 1.54) is 18.2 Å². The van der Waals surface area contributed by atoms with Crippen molar-refractivity contribution in [2.45, 2.75) is 31.3 Å². The van der Waals surface area contributed by atoms with Crippen LogP contribution in [0.4, 0.5) is 20.6 Å². The van der Waals surface area contributed by atoms with Crippen molar-refractivity contribution < 1.29 is 23.5 Å². The number of barbiturate groups is 1. The van der Waals surface area contributed by atoms with Gasteiger partial charge in [0, 0.05) is 41.2 Å². The van der Waals surface area contributed by atoms with Crippen LogP contribution in [0.25, 0.3) is 6.08 Å². The highest BCUT2D eigenvalue weighted by atomic mass is 35.5. The summed E-state index contributed by atoms with van der Waals surface area (Å²) in [5.74, 6) is -1.47. The molecule has 0 aliphatic carbocycles. The van der Waals surface area contributed by atoms with E-state index in [0.717, 1.165) is 64.3 Å². The fourth-order valence-electron chi connectivity index (χ4n) is 7.52. The molecule has 1 saturated heterocycles. The molecule has 2 atom stereocenters. The number of nitrogens with one attached hydrogen (secondary N) is 1. The lowest BCUT2D eigenvalue weighted by atomic mass is 9.76. The Balaban J connectivity index is 1.21. The van der Waals surface area contributed by atoms with E-state index in [-0.39, 0.29) is 29.8 Å². The largest absolute Gasteiger partial charge is 0.488 e. The molecule has 9 heteroatoms. The molecular weight excluding hydrogens is 665 g/mol. The van der Waals surface area contributed by atoms with Gasteiger partial charge in [-0.15, -0.1) is 0 Å². The van der Waals surface area contributed by atoms with Crippen molar-refractivity contribution >= 4 is 46.9 Å². The number of carbonyl (C=O) groups is 3. The van der Waals surface area contributed by atoms with Gasteiger partial charge in [0.15, 0.2) is 0 Å². The van der Waals surface area contributed by atoms with Crippen LogP contribution >= 0.6 is 11.6 Å². The van der Waals surface area contributed by atoms with Gasteiger partial charge in [-0.25, -0.2) is 14.1 Å². The maximum atomic E-state index is 14.4. The van der Waals surface area contributed by atoms with Gasteiger partial charge in [0.2, 0.25) is 0 Å². The molecule has 3 aliphatic rings. The van der Waals surface area contributed by atoms with Crippen molar-refractivity contribution in [3.63, 3.8) is 0 Å². The predicted octanol–water partition coefficient (Wildman–Crippen LogP) is 8.60. The molecule has 3 heterocycles. The molecule has 0 saturated carbocycles. The zero-order valence-corrected chi connectivity index (χ0v) is 28.3. The first-order valence-corrected chi connectivity index (χ1v) is 17.3. The standard InChI is InChI=1S/C42H33ClFN3O4/c43-30-13-16-38(51-25-26-11-14-31(44)15-12-26)29(21-30)22-37-40(48)45-42(50)47(41(37)49)32-23-35-33(27-7-3-1-4-8-27)17-19-46-20-18-34(36(24-32)39(35)46)28-9-5-2-6-10-28/h1-16,21-24,33-34H,17-20,25H2,(H,45,48,50)/b37-22+/t33-,34-/m0/s1. The lowest BCUT2D eigenvalue weighted by Gasteiger charge is -2.44. The number of amides is 4. The molecule has 0 spiro atoms. The van der Waals surface area contributed by atoms with Crippen LogP contribution in [0.15, 0.2) is 121 Å². The van der Waals surface area contributed by atoms with Crippen molar-refractivity contribution in [2.24, 2.45) is 0 Å². The number of urea groups is 1. The molecule has 1 fully saturated rings. The summed E-state index contributed by atoms with van der Waals surface area (Å²) >= 11 is 6.36. The Morgan fingerprint density at radius 1 is 0.784 bits per heavy atom. The number of nitrogens with zero attached hydrogens (tertiary/aromatic N) is 2. The average Bonchev–Trinajstić information content (AvgIpc) is 3.14. The minimum atomic E-state index is -0.819. The molecule has 5 aromatic rings. The highest BCUT2D eigenvalue weighted by Gasteiger charge is 2.40. The van der Waals surface area contributed by atoms with Gasteiger partial charge in [0.1, 0.15) is 23.7 Å². The molecule has 8 rings (SSSR count). The minimum absolute atomic E-state index is 0.0533. The van der Waals surface area contributed by atoms with Gasteiger partial charge in [-0.2, -0.15) is 0 Å². The van der Waals surface area contributed by atoms with Crippen molar-refractivity contribution in [1.82, 2.24) is 5.32 Å². The van der Waals surface area contributed by atoms with Crippen LogP contribution in [0.5, 0.6) is 5.75 Å². The summed E-state index contributed by atoms with van der Waals surface area (Å²) in [6.45, 7) is 1.91. The predicted molar refractivity (Wildman–Crippen MR) is 196 cm³/mol. The number of carbonyl (C=O) groups excluding carboxylic acids is 3. The van der Waals surface area contributed by atoms with Gasteiger partial charge in [0.05, 0.1) is 5.69 Å². The lowest BCUT2D eigenvalue weighted by molar-refractivity contribution is -0.122. The molecule has 51 heavy (non-hydrogen) atoms. The van der Waals surface area contributed by atoms with Crippen molar-refractivity contribution in [3.05, 3.63) is 165 Å². The number of hydrogen-bond donors (Lipinski definition) is 1. The van der Waals surface area contributed by atoms with Gasteiger partial charge >= 0.3 is 6.03 Å². The number of imide groups is 2. The van der Waals surface area contributed by atoms with Crippen LogP contribution < -0.4 is 19.9 Å². The molecule has 0 radical (unpaired) electrons. The van der Waals surface area contributed by atoms with E-state index in [0.29, 0.717) is 22.0 Å². The number of ether oxygens (including phenoxy) is 1. The summed E-state index contributed by atoms with van der Waals surface area (Å²) in [5.41, 5.74) is 6.84. The molecule has 254 valence electrons. The Kier molecular flexibility index (Phi) is 8.61. The van der Waals surface area contributed by atoms with Crippen LogP contribution in [0.3, 0.4) is 0 Å². The minimum Gasteiger partial charge on any atom is -0.488 e. The summed E-state index contributed by atoms with van der Waals surface area (Å²) in [5, 5.41) is 2.76. The van der Waals surface area contributed by atoms with E-state index >= 15 is 0 Å². The van der Waals surface area contributed by atoms with Crippen molar-refractivity contribution in [3.8, 4) is 5.75 Å². The second-order valence-electron chi connectivity index (χ2n) is 13.0. The maximum absolute atomic E-state index is 14.4. The Bertz CT molecular complexity index is 2120. The topological polar surface area (TPSA) is 79.0 Å². The Labute approximate surface area is 299 Å². The molecule has 5 aromatic carbocycles. The molecule has 1 N–H and O–H groups in total. The van der Waals surface area contributed by atoms with Crippen LogP contribution in [0.2, 0.25) is 5.02 Å². The molecule has 3 aliphatic heterocycles. The number of rotatable bonds is 7. The lowest BCUT2D eigenvalue weighted by Crippen LogP contribution is -2.54. The van der Waals surface area contributed by atoms with Crippen LogP contribution in [0.1, 0.15) is 58.1 Å². The van der Waals surface area contributed by atoms with E-state index in [1.54, 1.807) is 30.3 Å². The summed E-state index contributed by atoms with van der Waals surface area (Å²) < 4.78 is 19.5. The molecule has 7 nitrogen and oxygen atoms in total. The van der Waals surface area contributed by atoms with E-state index in [1.807, 2.05) is 48.5 Å². The average molecular weight is 698 g/mol. The number of halogens is 2. The maximum Gasteiger partial charge on any atom is 0.335 e. The zero-order chi connectivity index (χ0) is 35.1. The smallest absolute Gasteiger partial charge is 0.335 e. The fourth-order valence-corrected chi connectivity index (χ4v) is 7.70. The number of benzene rings is 5. The van der Waals surface area contributed by atoms with Gasteiger partial charge in [-0.3, -0.25) is 14.9 Å². The fraction of sp³-hybridized carbons (Fsp3) is 0.167. The highest BCUT2D eigenvalue weighted by Crippen LogP contribution is 2.50.